The first-order chi connectivity index (χ1) is 8.68. The Labute approximate surface area is 110 Å². The Kier molecular flexibility index (Phi) is 3.02. The molecule has 98 valence electrons. The van der Waals surface area contributed by atoms with E-state index in [0.717, 1.165) is 0 Å². The predicted octanol–water partition coefficient (Wildman–Crippen LogP) is 2.54. The SMILES string of the molecule is Cc1ncc([C@@H]2CCCN2C)c2c1CCCN2C. The van der Waals surface area contributed by atoms with Gasteiger partial charge in [-0.3, -0.25) is 9.88 Å². The minimum atomic E-state index is 0.576. The number of pyridine rings is 1. The molecule has 0 unspecified atom stereocenters. The minimum Gasteiger partial charge on any atom is -0.374 e. The van der Waals surface area contributed by atoms with Gasteiger partial charge in [0.15, 0.2) is 0 Å². The van der Waals surface area contributed by atoms with Crippen LogP contribution in [0.15, 0.2) is 6.20 Å². The summed E-state index contributed by atoms with van der Waals surface area (Å²) in [5.41, 5.74) is 5.65. The van der Waals surface area contributed by atoms with Crippen molar-refractivity contribution in [2.75, 3.05) is 32.1 Å². The molecule has 0 spiro atoms. The van der Waals surface area contributed by atoms with E-state index in [9.17, 15) is 0 Å². The van der Waals surface area contributed by atoms with Crippen LogP contribution in [0.4, 0.5) is 5.69 Å². The van der Waals surface area contributed by atoms with Gasteiger partial charge in [-0.1, -0.05) is 0 Å². The first-order valence-electron chi connectivity index (χ1n) is 7.08. The Morgan fingerprint density at radius 1 is 1.22 bits per heavy atom. The van der Waals surface area contributed by atoms with Crippen LogP contribution in [0.2, 0.25) is 0 Å². The van der Waals surface area contributed by atoms with Gasteiger partial charge < -0.3 is 4.90 Å². The van der Waals surface area contributed by atoms with Crippen molar-refractivity contribution in [3.8, 4) is 0 Å². The van der Waals surface area contributed by atoms with Gasteiger partial charge >= 0.3 is 0 Å². The molecule has 0 aliphatic carbocycles. The van der Waals surface area contributed by atoms with Gasteiger partial charge in [-0.05, 0) is 51.8 Å². The van der Waals surface area contributed by atoms with Crippen LogP contribution in [0.3, 0.4) is 0 Å². The van der Waals surface area contributed by atoms with Crippen molar-refractivity contribution in [2.45, 2.75) is 38.6 Å². The molecule has 3 nitrogen and oxygen atoms in total. The van der Waals surface area contributed by atoms with Crippen molar-refractivity contribution < 1.29 is 0 Å². The summed E-state index contributed by atoms with van der Waals surface area (Å²) >= 11 is 0. The van der Waals surface area contributed by atoms with Gasteiger partial charge in [0.2, 0.25) is 0 Å². The highest BCUT2D eigenvalue weighted by atomic mass is 15.2. The first-order valence-corrected chi connectivity index (χ1v) is 7.08. The predicted molar refractivity (Wildman–Crippen MR) is 75.2 cm³/mol. The van der Waals surface area contributed by atoms with Crippen LogP contribution in [-0.2, 0) is 6.42 Å². The van der Waals surface area contributed by atoms with Crippen LogP contribution in [0.1, 0.15) is 42.1 Å². The molecular weight excluding hydrogens is 222 g/mol. The van der Waals surface area contributed by atoms with E-state index in [2.05, 4.69) is 42.0 Å². The first kappa shape index (κ1) is 12.0. The van der Waals surface area contributed by atoms with Crippen molar-refractivity contribution in [1.82, 2.24) is 9.88 Å². The van der Waals surface area contributed by atoms with Crippen molar-refractivity contribution in [3.63, 3.8) is 0 Å². The smallest absolute Gasteiger partial charge is 0.0478 e. The highest BCUT2D eigenvalue weighted by Crippen LogP contribution is 2.40. The molecule has 0 bridgehead atoms. The normalized spacial score (nSPS) is 24.4. The second-order valence-electron chi connectivity index (χ2n) is 5.79. The number of hydrogen-bond acceptors (Lipinski definition) is 3. The maximum Gasteiger partial charge on any atom is 0.0478 e. The van der Waals surface area contributed by atoms with Crippen molar-refractivity contribution in [1.29, 1.82) is 0 Å². The molecule has 2 aliphatic rings. The van der Waals surface area contributed by atoms with Gasteiger partial charge in [0.05, 0.1) is 0 Å². The molecule has 0 amide bonds. The van der Waals surface area contributed by atoms with Gasteiger partial charge in [-0.2, -0.15) is 0 Å². The molecule has 1 fully saturated rings. The topological polar surface area (TPSA) is 19.4 Å². The number of rotatable bonds is 1. The molecule has 1 aromatic heterocycles. The summed E-state index contributed by atoms with van der Waals surface area (Å²) in [5, 5.41) is 0. The molecule has 3 rings (SSSR count). The van der Waals surface area contributed by atoms with Gasteiger partial charge in [0, 0.05) is 42.8 Å². The van der Waals surface area contributed by atoms with Crippen LogP contribution < -0.4 is 4.90 Å². The highest BCUT2D eigenvalue weighted by molar-refractivity contribution is 5.62. The summed E-state index contributed by atoms with van der Waals surface area (Å²) in [7, 11) is 4.47. The Balaban J connectivity index is 2.09. The lowest BCUT2D eigenvalue weighted by Crippen LogP contribution is -2.29. The fraction of sp³-hybridized carbons (Fsp3) is 0.667. The van der Waals surface area contributed by atoms with E-state index in [1.807, 2.05) is 0 Å². The summed E-state index contributed by atoms with van der Waals surface area (Å²) in [6.07, 6.45) is 7.18. The highest BCUT2D eigenvalue weighted by Gasteiger charge is 2.29. The van der Waals surface area contributed by atoms with Gasteiger partial charge in [-0.15, -0.1) is 0 Å². The van der Waals surface area contributed by atoms with Gasteiger partial charge in [-0.25, -0.2) is 0 Å². The third kappa shape index (κ3) is 1.81. The Morgan fingerprint density at radius 2 is 2.06 bits per heavy atom. The zero-order valence-electron chi connectivity index (χ0n) is 11.7. The molecule has 0 radical (unpaired) electrons. The van der Waals surface area contributed by atoms with Crippen molar-refractivity contribution >= 4 is 5.69 Å². The summed E-state index contributed by atoms with van der Waals surface area (Å²) in [5.74, 6) is 0. The number of anilines is 1. The summed E-state index contributed by atoms with van der Waals surface area (Å²) in [6.45, 7) is 4.55. The molecule has 3 heterocycles. The average Bonchev–Trinajstić information content (AvgIpc) is 2.77. The Morgan fingerprint density at radius 3 is 2.78 bits per heavy atom. The number of fused-ring (bicyclic) bond motifs is 1. The molecular formula is C15H23N3. The van der Waals surface area contributed by atoms with Crippen LogP contribution in [0.5, 0.6) is 0 Å². The molecule has 0 aromatic carbocycles. The summed E-state index contributed by atoms with van der Waals surface area (Å²) < 4.78 is 0. The monoisotopic (exact) mass is 245 g/mol. The fourth-order valence-corrected chi connectivity index (χ4v) is 3.55. The third-order valence-electron chi connectivity index (χ3n) is 4.57. The lowest BCUT2D eigenvalue weighted by atomic mass is 9.94. The zero-order chi connectivity index (χ0) is 12.7. The minimum absolute atomic E-state index is 0.576. The number of likely N-dealkylation sites (tertiary alicyclic amines) is 1. The molecule has 3 heteroatoms. The number of hydrogen-bond donors (Lipinski definition) is 0. The maximum atomic E-state index is 4.65. The summed E-state index contributed by atoms with van der Waals surface area (Å²) in [4.78, 5) is 9.57. The Bertz CT molecular complexity index is 455. The standard InChI is InChI=1S/C15H23N3/c1-11-12-6-4-9-18(3)15(12)13(10-16-11)14-7-5-8-17(14)2/h10,14H,4-9H2,1-3H3/t14-/m0/s1. The van der Waals surface area contributed by atoms with E-state index in [1.165, 1.54) is 61.3 Å². The molecule has 18 heavy (non-hydrogen) atoms. The van der Waals surface area contributed by atoms with E-state index < -0.39 is 0 Å². The number of aromatic nitrogens is 1. The van der Waals surface area contributed by atoms with E-state index in [1.54, 1.807) is 0 Å². The fourth-order valence-electron chi connectivity index (χ4n) is 3.55. The van der Waals surface area contributed by atoms with Crippen molar-refractivity contribution in [2.24, 2.45) is 0 Å². The average molecular weight is 245 g/mol. The maximum absolute atomic E-state index is 4.65. The second kappa shape index (κ2) is 4.54. The van der Waals surface area contributed by atoms with Gasteiger partial charge in [0.1, 0.15) is 0 Å². The van der Waals surface area contributed by atoms with E-state index in [4.69, 9.17) is 0 Å². The van der Waals surface area contributed by atoms with Crippen LogP contribution in [-0.4, -0.2) is 37.1 Å². The van der Waals surface area contributed by atoms with Crippen LogP contribution in [0, 0.1) is 6.92 Å². The number of nitrogens with zero attached hydrogens (tertiary/aromatic N) is 3. The summed E-state index contributed by atoms with van der Waals surface area (Å²) in [6, 6.07) is 0.576. The third-order valence-corrected chi connectivity index (χ3v) is 4.57. The molecule has 0 N–H and O–H groups in total. The van der Waals surface area contributed by atoms with Crippen LogP contribution in [0.25, 0.3) is 0 Å². The lowest BCUT2D eigenvalue weighted by Gasteiger charge is -2.33. The lowest BCUT2D eigenvalue weighted by molar-refractivity contribution is 0.316. The Hall–Kier alpha value is -1.09. The van der Waals surface area contributed by atoms with Gasteiger partial charge in [0.25, 0.3) is 0 Å². The van der Waals surface area contributed by atoms with E-state index >= 15 is 0 Å². The number of aryl methyl sites for hydroxylation is 1. The van der Waals surface area contributed by atoms with Crippen LogP contribution >= 0.6 is 0 Å². The zero-order valence-corrected chi connectivity index (χ0v) is 11.7. The molecule has 2 aliphatic heterocycles. The molecule has 1 aromatic rings. The molecule has 1 saturated heterocycles. The van der Waals surface area contributed by atoms with Crippen molar-refractivity contribution in [3.05, 3.63) is 23.0 Å². The van der Waals surface area contributed by atoms with E-state index in [0.29, 0.717) is 6.04 Å². The second-order valence-corrected chi connectivity index (χ2v) is 5.79. The van der Waals surface area contributed by atoms with E-state index in [-0.39, 0.29) is 0 Å². The molecule has 0 saturated carbocycles. The molecule has 1 atom stereocenters. The quantitative estimate of drug-likeness (QED) is 0.758. The largest absolute Gasteiger partial charge is 0.374 e.